The fraction of sp³-hybridized carbons (Fsp3) is 0.571. The number of carbonyl (C=O) groups is 2. The Morgan fingerprint density at radius 1 is 1.19 bits per heavy atom. The minimum absolute atomic E-state index is 0.0618. The lowest BCUT2D eigenvalue weighted by Gasteiger charge is -2.39. The Morgan fingerprint density at radius 2 is 2.04 bits per heavy atom. The van der Waals surface area contributed by atoms with Crippen molar-refractivity contribution in [1.82, 2.24) is 19.6 Å². The first-order valence-corrected chi connectivity index (χ1v) is 10.1. The molecule has 5 rings (SSSR count). The SMILES string of the molecule is O=C(Cn1cc2ccccc2n1)N1CCC2(CCCN(CC3CC3)C2=O)C1. The lowest BCUT2D eigenvalue weighted by atomic mass is 9.78. The van der Waals surface area contributed by atoms with Gasteiger partial charge in [0.2, 0.25) is 11.8 Å². The Hall–Kier alpha value is -2.37. The fourth-order valence-corrected chi connectivity index (χ4v) is 4.74. The summed E-state index contributed by atoms with van der Waals surface area (Å²) < 4.78 is 1.72. The number of likely N-dealkylation sites (tertiary alicyclic amines) is 2. The first kappa shape index (κ1) is 16.8. The van der Waals surface area contributed by atoms with Crippen LogP contribution in [0.2, 0.25) is 0 Å². The number of benzene rings is 1. The fourth-order valence-electron chi connectivity index (χ4n) is 4.74. The van der Waals surface area contributed by atoms with Crippen LogP contribution in [0.1, 0.15) is 32.1 Å². The maximum absolute atomic E-state index is 13.1. The molecule has 2 aliphatic heterocycles. The molecule has 1 atom stereocenters. The highest BCUT2D eigenvalue weighted by molar-refractivity contribution is 5.86. The minimum Gasteiger partial charge on any atom is -0.342 e. The molecular formula is C21H26N4O2. The minimum atomic E-state index is -0.336. The van der Waals surface area contributed by atoms with Crippen molar-refractivity contribution in [2.75, 3.05) is 26.2 Å². The number of hydrogen-bond acceptors (Lipinski definition) is 3. The number of piperidine rings is 1. The van der Waals surface area contributed by atoms with Gasteiger partial charge >= 0.3 is 0 Å². The van der Waals surface area contributed by atoms with Crippen LogP contribution in [0, 0.1) is 11.3 Å². The van der Waals surface area contributed by atoms with Gasteiger partial charge in [0.25, 0.3) is 0 Å². The highest BCUT2D eigenvalue weighted by Gasteiger charge is 2.49. The van der Waals surface area contributed by atoms with Crippen molar-refractivity contribution in [3.63, 3.8) is 0 Å². The van der Waals surface area contributed by atoms with Gasteiger partial charge in [0, 0.05) is 37.8 Å². The van der Waals surface area contributed by atoms with Gasteiger partial charge in [0.15, 0.2) is 0 Å². The molecule has 6 nitrogen and oxygen atoms in total. The summed E-state index contributed by atoms with van der Waals surface area (Å²) in [6, 6.07) is 7.88. The number of rotatable bonds is 4. The molecule has 0 bridgehead atoms. The van der Waals surface area contributed by atoms with Crippen LogP contribution in [0.5, 0.6) is 0 Å². The van der Waals surface area contributed by atoms with Crippen LogP contribution in [0.3, 0.4) is 0 Å². The van der Waals surface area contributed by atoms with E-state index in [-0.39, 0.29) is 17.9 Å². The number of amides is 2. The summed E-state index contributed by atoms with van der Waals surface area (Å²) in [5, 5.41) is 5.53. The third-order valence-corrected chi connectivity index (χ3v) is 6.46. The molecule has 0 radical (unpaired) electrons. The normalized spacial score (nSPS) is 25.7. The topological polar surface area (TPSA) is 58.4 Å². The molecule has 1 spiro atoms. The predicted molar refractivity (Wildman–Crippen MR) is 102 cm³/mol. The maximum Gasteiger partial charge on any atom is 0.244 e. The molecule has 3 aliphatic rings. The number of aromatic nitrogens is 2. The zero-order valence-electron chi connectivity index (χ0n) is 15.6. The third kappa shape index (κ3) is 3.11. The molecule has 1 unspecified atom stereocenters. The molecule has 2 saturated heterocycles. The summed E-state index contributed by atoms with van der Waals surface area (Å²) in [5.74, 6) is 1.07. The van der Waals surface area contributed by atoms with Crippen LogP contribution in [0.4, 0.5) is 0 Å². The second-order valence-corrected chi connectivity index (χ2v) is 8.53. The van der Waals surface area contributed by atoms with Crippen molar-refractivity contribution in [2.45, 2.75) is 38.6 Å². The van der Waals surface area contributed by atoms with E-state index >= 15 is 0 Å². The number of carbonyl (C=O) groups excluding carboxylic acids is 2. The van der Waals surface area contributed by atoms with Crippen molar-refractivity contribution in [3.05, 3.63) is 30.5 Å². The van der Waals surface area contributed by atoms with Gasteiger partial charge < -0.3 is 9.80 Å². The first-order valence-electron chi connectivity index (χ1n) is 10.1. The van der Waals surface area contributed by atoms with Gasteiger partial charge in [-0.2, -0.15) is 5.10 Å². The van der Waals surface area contributed by atoms with E-state index in [1.54, 1.807) is 4.68 Å². The summed E-state index contributed by atoms with van der Waals surface area (Å²) in [6.07, 6.45) is 7.23. The zero-order valence-corrected chi connectivity index (χ0v) is 15.6. The summed E-state index contributed by atoms with van der Waals surface area (Å²) >= 11 is 0. The molecule has 3 heterocycles. The average molecular weight is 366 g/mol. The van der Waals surface area contributed by atoms with Gasteiger partial charge in [-0.15, -0.1) is 0 Å². The second-order valence-electron chi connectivity index (χ2n) is 8.53. The molecule has 27 heavy (non-hydrogen) atoms. The van der Waals surface area contributed by atoms with Gasteiger partial charge in [0.1, 0.15) is 6.54 Å². The third-order valence-electron chi connectivity index (χ3n) is 6.46. The lowest BCUT2D eigenvalue weighted by molar-refractivity contribution is -0.146. The van der Waals surface area contributed by atoms with Crippen LogP contribution >= 0.6 is 0 Å². The molecular weight excluding hydrogens is 340 g/mol. The number of fused-ring (bicyclic) bond motifs is 1. The largest absolute Gasteiger partial charge is 0.342 e. The van der Waals surface area contributed by atoms with Crippen LogP contribution in [-0.4, -0.2) is 57.6 Å². The summed E-state index contributed by atoms with van der Waals surface area (Å²) in [6.45, 7) is 3.32. The molecule has 1 aliphatic carbocycles. The molecule has 1 aromatic carbocycles. The molecule has 2 amide bonds. The Kier molecular flexibility index (Phi) is 3.95. The van der Waals surface area contributed by atoms with Crippen molar-refractivity contribution < 1.29 is 9.59 Å². The van der Waals surface area contributed by atoms with Crippen LogP contribution < -0.4 is 0 Å². The van der Waals surface area contributed by atoms with E-state index < -0.39 is 0 Å². The molecule has 142 valence electrons. The van der Waals surface area contributed by atoms with Crippen molar-refractivity contribution in [2.24, 2.45) is 11.3 Å². The van der Waals surface area contributed by atoms with E-state index in [2.05, 4.69) is 10.00 Å². The Morgan fingerprint density at radius 3 is 2.85 bits per heavy atom. The number of nitrogens with zero attached hydrogens (tertiary/aromatic N) is 4. The molecule has 6 heteroatoms. The van der Waals surface area contributed by atoms with Gasteiger partial charge in [-0.05, 0) is 44.1 Å². The van der Waals surface area contributed by atoms with Crippen molar-refractivity contribution in [1.29, 1.82) is 0 Å². The van der Waals surface area contributed by atoms with Gasteiger partial charge in [-0.25, -0.2) is 0 Å². The molecule has 2 aromatic rings. The summed E-state index contributed by atoms with van der Waals surface area (Å²) in [5.41, 5.74) is 0.568. The highest BCUT2D eigenvalue weighted by Crippen LogP contribution is 2.41. The summed E-state index contributed by atoms with van der Waals surface area (Å²) in [7, 11) is 0. The summed E-state index contributed by atoms with van der Waals surface area (Å²) in [4.78, 5) is 29.9. The Bertz CT molecular complexity index is 854. The lowest BCUT2D eigenvalue weighted by Crippen LogP contribution is -2.51. The van der Waals surface area contributed by atoms with E-state index in [1.807, 2.05) is 35.4 Å². The monoisotopic (exact) mass is 366 g/mol. The van der Waals surface area contributed by atoms with Crippen LogP contribution in [0.25, 0.3) is 10.9 Å². The van der Waals surface area contributed by atoms with Crippen molar-refractivity contribution >= 4 is 22.7 Å². The Balaban J connectivity index is 1.26. The highest BCUT2D eigenvalue weighted by atomic mass is 16.2. The second kappa shape index (κ2) is 6.36. The van der Waals surface area contributed by atoms with Gasteiger partial charge in [-0.1, -0.05) is 18.2 Å². The maximum atomic E-state index is 13.1. The molecule has 3 fully saturated rings. The average Bonchev–Trinajstić information content (AvgIpc) is 3.23. The van der Waals surface area contributed by atoms with Crippen LogP contribution in [-0.2, 0) is 16.1 Å². The smallest absolute Gasteiger partial charge is 0.244 e. The molecule has 1 aromatic heterocycles. The Labute approximate surface area is 159 Å². The standard InChI is InChI=1S/C21H26N4O2/c26-19(14-25-13-17-4-1-2-5-18(17)22-25)24-11-9-21(15-24)8-3-10-23(20(21)27)12-16-6-7-16/h1-2,4-5,13,16H,3,6-12,14-15H2. The molecule has 1 saturated carbocycles. The van der Waals surface area contributed by atoms with Gasteiger partial charge in [0.05, 0.1) is 10.9 Å². The van der Waals surface area contributed by atoms with E-state index in [0.29, 0.717) is 19.0 Å². The first-order chi connectivity index (χ1) is 13.1. The number of hydrogen-bond donors (Lipinski definition) is 0. The van der Waals surface area contributed by atoms with Crippen LogP contribution in [0.15, 0.2) is 30.5 Å². The predicted octanol–water partition coefficient (Wildman–Crippen LogP) is 2.29. The van der Waals surface area contributed by atoms with E-state index in [4.69, 9.17) is 0 Å². The van der Waals surface area contributed by atoms with E-state index in [9.17, 15) is 9.59 Å². The van der Waals surface area contributed by atoms with E-state index in [1.165, 1.54) is 12.8 Å². The molecule has 0 N–H and O–H groups in total. The quantitative estimate of drug-likeness (QED) is 0.834. The van der Waals surface area contributed by atoms with Gasteiger partial charge in [-0.3, -0.25) is 14.3 Å². The van der Waals surface area contributed by atoms with Crippen molar-refractivity contribution in [3.8, 4) is 0 Å². The van der Waals surface area contributed by atoms with E-state index in [0.717, 1.165) is 49.2 Å². The zero-order chi connectivity index (χ0) is 18.4.